The van der Waals surface area contributed by atoms with Crippen molar-refractivity contribution < 1.29 is 0 Å². The van der Waals surface area contributed by atoms with E-state index in [1.54, 1.807) is 0 Å². The zero-order chi connectivity index (χ0) is 12.5. The van der Waals surface area contributed by atoms with E-state index in [2.05, 4.69) is 11.9 Å². The fraction of sp³-hybridized carbons (Fsp3) is 0.786. The van der Waals surface area contributed by atoms with Gasteiger partial charge in [0, 0.05) is 19.4 Å². The Labute approximate surface area is 110 Å². The van der Waals surface area contributed by atoms with Crippen LogP contribution in [0, 0.1) is 0 Å². The van der Waals surface area contributed by atoms with E-state index in [9.17, 15) is 0 Å². The lowest BCUT2D eigenvalue weighted by Crippen LogP contribution is -2.00. The molecular weight excluding hydrogens is 232 g/mol. The largest absolute Gasteiger partial charge is 0.337 e. The molecule has 1 unspecified atom stereocenters. The Morgan fingerprint density at radius 1 is 1.18 bits per heavy atom. The number of unbranched alkanes of at least 4 members (excludes halogenated alkanes) is 6. The van der Waals surface area contributed by atoms with Crippen molar-refractivity contribution in [2.24, 2.45) is 7.05 Å². The quantitative estimate of drug-likeness (QED) is 0.457. The van der Waals surface area contributed by atoms with Gasteiger partial charge in [0.15, 0.2) is 0 Å². The molecule has 0 bridgehead atoms. The molecule has 0 aliphatic carbocycles. The predicted molar refractivity (Wildman–Crippen MR) is 74.4 cm³/mol. The van der Waals surface area contributed by atoms with Gasteiger partial charge in [-0.25, -0.2) is 4.98 Å². The van der Waals surface area contributed by atoms with Crippen LogP contribution in [0.2, 0.25) is 0 Å². The first-order valence-electron chi connectivity index (χ1n) is 6.87. The molecule has 1 heterocycles. The molecular formula is C14H25ClN2. The van der Waals surface area contributed by atoms with E-state index >= 15 is 0 Å². The number of aryl methyl sites for hydroxylation is 1. The number of alkyl halides is 1. The Balaban J connectivity index is 2.05. The summed E-state index contributed by atoms with van der Waals surface area (Å²) in [6.07, 6.45) is 14.2. The smallest absolute Gasteiger partial charge is 0.126 e. The number of imidazole rings is 1. The summed E-state index contributed by atoms with van der Waals surface area (Å²) in [5, 5.41) is 0.0747. The van der Waals surface area contributed by atoms with Gasteiger partial charge in [-0.1, -0.05) is 51.9 Å². The zero-order valence-electron chi connectivity index (χ0n) is 11.2. The highest BCUT2D eigenvalue weighted by Crippen LogP contribution is 2.24. The third-order valence-electron chi connectivity index (χ3n) is 3.20. The van der Waals surface area contributed by atoms with Gasteiger partial charge in [-0.05, 0) is 6.42 Å². The molecule has 98 valence electrons. The summed E-state index contributed by atoms with van der Waals surface area (Å²) in [5.41, 5.74) is 0. The fourth-order valence-electron chi connectivity index (χ4n) is 2.09. The van der Waals surface area contributed by atoms with Crippen LogP contribution in [-0.2, 0) is 7.05 Å². The number of nitrogens with zero attached hydrogens (tertiary/aromatic N) is 2. The number of halogens is 1. The van der Waals surface area contributed by atoms with Crippen molar-refractivity contribution in [3.8, 4) is 0 Å². The summed E-state index contributed by atoms with van der Waals surface area (Å²) in [4.78, 5) is 4.29. The highest BCUT2D eigenvalue weighted by atomic mass is 35.5. The third kappa shape index (κ3) is 5.58. The van der Waals surface area contributed by atoms with Crippen molar-refractivity contribution in [1.29, 1.82) is 0 Å². The molecule has 3 heteroatoms. The van der Waals surface area contributed by atoms with Gasteiger partial charge in [-0.2, -0.15) is 0 Å². The average molecular weight is 257 g/mol. The van der Waals surface area contributed by atoms with Gasteiger partial charge < -0.3 is 4.57 Å². The van der Waals surface area contributed by atoms with E-state index in [1.807, 2.05) is 24.0 Å². The van der Waals surface area contributed by atoms with Gasteiger partial charge in [0.2, 0.25) is 0 Å². The molecule has 0 aliphatic heterocycles. The monoisotopic (exact) mass is 256 g/mol. The van der Waals surface area contributed by atoms with Crippen molar-refractivity contribution >= 4 is 11.6 Å². The van der Waals surface area contributed by atoms with Crippen molar-refractivity contribution in [2.45, 2.75) is 63.7 Å². The lowest BCUT2D eigenvalue weighted by Gasteiger charge is -2.09. The van der Waals surface area contributed by atoms with Gasteiger partial charge in [-0.15, -0.1) is 11.6 Å². The SMILES string of the molecule is CCCCCCCCCC(Cl)c1nccn1C. The maximum atomic E-state index is 6.33. The number of hydrogen-bond acceptors (Lipinski definition) is 1. The molecule has 2 nitrogen and oxygen atoms in total. The van der Waals surface area contributed by atoms with Gasteiger partial charge in [0.25, 0.3) is 0 Å². The minimum Gasteiger partial charge on any atom is -0.337 e. The number of aromatic nitrogens is 2. The summed E-state index contributed by atoms with van der Waals surface area (Å²) in [6.45, 7) is 2.25. The van der Waals surface area contributed by atoms with E-state index in [0.29, 0.717) is 0 Å². The first-order valence-corrected chi connectivity index (χ1v) is 7.30. The summed E-state index contributed by atoms with van der Waals surface area (Å²) >= 11 is 6.33. The molecule has 0 aromatic carbocycles. The van der Waals surface area contributed by atoms with Crippen molar-refractivity contribution in [2.75, 3.05) is 0 Å². The van der Waals surface area contributed by atoms with Crippen LogP contribution < -0.4 is 0 Å². The van der Waals surface area contributed by atoms with Gasteiger partial charge >= 0.3 is 0 Å². The molecule has 0 amide bonds. The molecule has 0 spiro atoms. The maximum Gasteiger partial charge on any atom is 0.126 e. The maximum absolute atomic E-state index is 6.33. The van der Waals surface area contributed by atoms with Crippen LogP contribution in [-0.4, -0.2) is 9.55 Å². The molecule has 0 saturated carbocycles. The minimum absolute atomic E-state index is 0.0747. The second-order valence-corrected chi connectivity index (χ2v) is 5.30. The third-order valence-corrected chi connectivity index (χ3v) is 3.61. The van der Waals surface area contributed by atoms with Crippen LogP contribution in [0.4, 0.5) is 0 Å². The Kier molecular flexibility index (Phi) is 7.34. The molecule has 1 aromatic heterocycles. The Hall–Kier alpha value is -0.500. The topological polar surface area (TPSA) is 17.8 Å². The number of hydrogen-bond donors (Lipinski definition) is 0. The van der Waals surface area contributed by atoms with Crippen molar-refractivity contribution in [3.05, 3.63) is 18.2 Å². The lowest BCUT2D eigenvalue weighted by molar-refractivity contribution is 0.563. The first-order chi connectivity index (χ1) is 8.25. The van der Waals surface area contributed by atoms with Crippen LogP contribution in [0.5, 0.6) is 0 Å². The van der Waals surface area contributed by atoms with Crippen molar-refractivity contribution in [1.82, 2.24) is 9.55 Å². The van der Waals surface area contributed by atoms with Crippen LogP contribution in [0.25, 0.3) is 0 Å². The van der Waals surface area contributed by atoms with Crippen LogP contribution in [0.3, 0.4) is 0 Å². The Morgan fingerprint density at radius 2 is 1.82 bits per heavy atom. The van der Waals surface area contributed by atoms with Gasteiger partial charge in [-0.3, -0.25) is 0 Å². The molecule has 0 aliphatic rings. The molecule has 1 rings (SSSR count). The second kappa shape index (κ2) is 8.57. The molecule has 0 fully saturated rings. The Bertz CT molecular complexity index is 296. The fourth-order valence-corrected chi connectivity index (χ4v) is 2.45. The van der Waals surface area contributed by atoms with Crippen molar-refractivity contribution in [3.63, 3.8) is 0 Å². The lowest BCUT2D eigenvalue weighted by atomic mass is 10.1. The molecule has 1 atom stereocenters. The molecule has 0 N–H and O–H groups in total. The highest BCUT2D eigenvalue weighted by Gasteiger charge is 2.11. The highest BCUT2D eigenvalue weighted by molar-refractivity contribution is 6.20. The summed E-state index contributed by atoms with van der Waals surface area (Å²) in [6, 6.07) is 0. The standard InChI is InChI=1S/C14H25ClN2/c1-3-4-5-6-7-8-9-10-13(15)14-16-11-12-17(14)2/h11-13H,3-10H2,1-2H3. The number of rotatable bonds is 9. The Morgan fingerprint density at radius 3 is 2.41 bits per heavy atom. The average Bonchev–Trinajstić information content (AvgIpc) is 2.74. The van der Waals surface area contributed by atoms with E-state index < -0.39 is 0 Å². The van der Waals surface area contributed by atoms with Crippen LogP contribution in [0.1, 0.15) is 69.5 Å². The van der Waals surface area contributed by atoms with Gasteiger partial charge in [0.1, 0.15) is 5.82 Å². The van der Waals surface area contributed by atoms with Crippen LogP contribution >= 0.6 is 11.6 Å². The predicted octanol–water partition coefficient (Wildman–Crippen LogP) is 4.84. The first kappa shape index (κ1) is 14.6. The molecule has 0 saturated heterocycles. The molecule has 17 heavy (non-hydrogen) atoms. The second-order valence-electron chi connectivity index (χ2n) is 4.77. The van der Waals surface area contributed by atoms with E-state index in [1.165, 1.54) is 44.9 Å². The normalized spacial score (nSPS) is 12.9. The van der Waals surface area contributed by atoms with E-state index in [-0.39, 0.29) is 5.38 Å². The van der Waals surface area contributed by atoms with E-state index in [4.69, 9.17) is 11.6 Å². The zero-order valence-corrected chi connectivity index (χ0v) is 11.9. The summed E-state index contributed by atoms with van der Waals surface area (Å²) in [7, 11) is 2.00. The van der Waals surface area contributed by atoms with Crippen LogP contribution in [0.15, 0.2) is 12.4 Å². The van der Waals surface area contributed by atoms with E-state index in [0.717, 1.165) is 12.2 Å². The van der Waals surface area contributed by atoms with Gasteiger partial charge in [0.05, 0.1) is 5.38 Å². The summed E-state index contributed by atoms with van der Waals surface area (Å²) < 4.78 is 2.01. The summed E-state index contributed by atoms with van der Waals surface area (Å²) in [5.74, 6) is 0.998. The molecule has 0 radical (unpaired) electrons. The minimum atomic E-state index is 0.0747. The molecule has 1 aromatic rings.